The van der Waals surface area contributed by atoms with Gasteiger partial charge in [-0.1, -0.05) is 29.8 Å². The molecule has 3 aromatic rings. The monoisotopic (exact) mass is 350 g/mol. The highest BCUT2D eigenvalue weighted by atomic mass is 79.9. The number of nitrogens with zero attached hydrogens (tertiary/aromatic N) is 1. The fraction of sp³-hybridized carbons (Fsp3) is 0. The molecule has 1 aromatic heterocycles. The van der Waals surface area contributed by atoms with Gasteiger partial charge in [0.1, 0.15) is 10.4 Å². The number of aromatic nitrogens is 1. The number of anilines is 2. The third-order valence-corrected chi connectivity index (χ3v) is 3.58. The normalized spacial score (nSPS) is 10.8. The number of benzene rings is 2. The first-order valence-corrected chi connectivity index (χ1v) is 7.08. The average Bonchev–Trinajstić information content (AvgIpc) is 2.43. The van der Waals surface area contributed by atoms with Crippen molar-refractivity contribution in [2.24, 2.45) is 0 Å². The smallest absolute Gasteiger partial charge is 0.141 e. The van der Waals surface area contributed by atoms with Crippen molar-refractivity contribution < 1.29 is 4.39 Å². The largest absolute Gasteiger partial charge is 0.355 e. The standard InChI is InChI=1S/C15H9BrClFN2/c16-15-8-14(10-3-1-2-4-13(10)20-15)19-9-5-6-12(18)11(17)7-9/h1-8H,(H,19,20). The van der Waals surface area contributed by atoms with Crippen molar-refractivity contribution in [3.05, 3.63) is 64.0 Å². The zero-order valence-electron chi connectivity index (χ0n) is 10.2. The number of hydrogen-bond acceptors (Lipinski definition) is 2. The predicted molar refractivity (Wildman–Crippen MR) is 84.1 cm³/mol. The first kappa shape index (κ1) is 13.3. The van der Waals surface area contributed by atoms with Crippen LogP contribution in [-0.2, 0) is 0 Å². The van der Waals surface area contributed by atoms with Crippen molar-refractivity contribution in [3.63, 3.8) is 0 Å². The summed E-state index contributed by atoms with van der Waals surface area (Å²) in [5, 5.41) is 4.31. The summed E-state index contributed by atoms with van der Waals surface area (Å²) < 4.78 is 13.9. The Labute approximate surface area is 128 Å². The molecule has 0 saturated heterocycles. The van der Waals surface area contributed by atoms with E-state index in [0.717, 1.165) is 26.9 Å². The van der Waals surface area contributed by atoms with Crippen LogP contribution in [0.15, 0.2) is 53.1 Å². The molecule has 20 heavy (non-hydrogen) atoms. The minimum Gasteiger partial charge on any atom is -0.355 e. The minimum absolute atomic E-state index is 0.0902. The molecule has 0 radical (unpaired) electrons. The van der Waals surface area contributed by atoms with Crippen LogP contribution in [0, 0.1) is 5.82 Å². The summed E-state index contributed by atoms with van der Waals surface area (Å²) >= 11 is 9.18. The highest BCUT2D eigenvalue weighted by Gasteiger charge is 2.06. The number of halogens is 3. The van der Waals surface area contributed by atoms with Crippen molar-refractivity contribution in [1.82, 2.24) is 4.98 Å². The van der Waals surface area contributed by atoms with E-state index in [1.54, 1.807) is 12.1 Å². The Kier molecular flexibility index (Phi) is 3.59. The first-order chi connectivity index (χ1) is 9.63. The average molecular weight is 352 g/mol. The maximum absolute atomic E-state index is 13.2. The van der Waals surface area contributed by atoms with Crippen molar-refractivity contribution in [1.29, 1.82) is 0 Å². The number of fused-ring (bicyclic) bond motifs is 1. The van der Waals surface area contributed by atoms with E-state index in [-0.39, 0.29) is 5.02 Å². The Morgan fingerprint density at radius 3 is 2.70 bits per heavy atom. The van der Waals surface area contributed by atoms with Crippen LogP contribution in [0.1, 0.15) is 0 Å². The van der Waals surface area contributed by atoms with Crippen molar-refractivity contribution >= 4 is 49.8 Å². The lowest BCUT2D eigenvalue weighted by molar-refractivity contribution is 0.628. The summed E-state index contributed by atoms with van der Waals surface area (Å²) in [4.78, 5) is 4.40. The summed E-state index contributed by atoms with van der Waals surface area (Å²) in [6.45, 7) is 0. The van der Waals surface area contributed by atoms with Crippen LogP contribution < -0.4 is 5.32 Å². The van der Waals surface area contributed by atoms with Gasteiger partial charge >= 0.3 is 0 Å². The van der Waals surface area contributed by atoms with Crippen molar-refractivity contribution in [2.75, 3.05) is 5.32 Å². The lowest BCUT2D eigenvalue weighted by Crippen LogP contribution is -1.94. The lowest BCUT2D eigenvalue weighted by Gasteiger charge is -2.10. The molecule has 0 atom stereocenters. The molecule has 1 N–H and O–H groups in total. The molecule has 2 aromatic carbocycles. The van der Waals surface area contributed by atoms with Crippen LogP contribution in [0.4, 0.5) is 15.8 Å². The summed E-state index contributed by atoms with van der Waals surface area (Å²) in [6.07, 6.45) is 0. The molecule has 5 heteroatoms. The quantitative estimate of drug-likeness (QED) is 0.614. The zero-order chi connectivity index (χ0) is 14.1. The Morgan fingerprint density at radius 2 is 1.90 bits per heavy atom. The van der Waals surface area contributed by atoms with Crippen LogP contribution in [-0.4, -0.2) is 4.98 Å². The van der Waals surface area contributed by atoms with Crippen LogP contribution in [0.25, 0.3) is 10.9 Å². The molecule has 0 aliphatic rings. The Hall–Kier alpha value is -1.65. The van der Waals surface area contributed by atoms with Crippen molar-refractivity contribution in [2.45, 2.75) is 0 Å². The molecule has 3 rings (SSSR count). The highest BCUT2D eigenvalue weighted by Crippen LogP contribution is 2.29. The van der Waals surface area contributed by atoms with Gasteiger partial charge in [0.05, 0.1) is 16.2 Å². The number of rotatable bonds is 2. The van der Waals surface area contributed by atoms with Gasteiger partial charge in [0.25, 0.3) is 0 Å². The van der Waals surface area contributed by atoms with Gasteiger partial charge in [-0.15, -0.1) is 0 Å². The van der Waals surface area contributed by atoms with Gasteiger partial charge in [-0.05, 0) is 46.3 Å². The van der Waals surface area contributed by atoms with E-state index < -0.39 is 5.82 Å². The topological polar surface area (TPSA) is 24.9 Å². The SMILES string of the molecule is Fc1ccc(Nc2cc(Br)nc3ccccc23)cc1Cl. The Bertz CT molecular complexity index is 792. The van der Waals surface area contributed by atoms with Gasteiger partial charge in [-0.3, -0.25) is 0 Å². The summed E-state index contributed by atoms with van der Waals surface area (Å²) in [5.74, 6) is -0.432. The van der Waals surface area contributed by atoms with Gasteiger partial charge in [0.2, 0.25) is 0 Å². The van der Waals surface area contributed by atoms with E-state index in [1.807, 2.05) is 30.3 Å². The third kappa shape index (κ3) is 2.62. The predicted octanol–water partition coefficient (Wildman–Crippen LogP) is 5.53. The van der Waals surface area contributed by atoms with Crippen LogP contribution in [0.2, 0.25) is 5.02 Å². The number of pyridine rings is 1. The van der Waals surface area contributed by atoms with E-state index in [2.05, 4.69) is 26.2 Å². The first-order valence-electron chi connectivity index (χ1n) is 5.91. The number of hydrogen-bond donors (Lipinski definition) is 1. The molecule has 100 valence electrons. The van der Waals surface area contributed by atoms with Crippen molar-refractivity contribution in [3.8, 4) is 0 Å². The molecule has 0 fully saturated rings. The molecule has 1 heterocycles. The van der Waals surface area contributed by atoms with Gasteiger partial charge in [-0.25, -0.2) is 9.37 Å². The second-order valence-corrected chi connectivity index (χ2v) is 5.48. The van der Waals surface area contributed by atoms with E-state index in [1.165, 1.54) is 6.07 Å². The molecular formula is C15H9BrClFN2. The lowest BCUT2D eigenvalue weighted by atomic mass is 10.2. The number of para-hydroxylation sites is 1. The van der Waals surface area contributed by atoms with Gasteiger partial charge in [0.15, 0.2) is 0 Å². The molecule has 0 amide bonds. The summed E-state index contributed by atoms with van der Waals surface area (Å²) in [7, 11) is 0. The van der Waals surface area contributed by atoms with Crippen LogP contribution >= 0.6 is 27.5 Å². The Balaban J connectivity index is 2.07. The maximum atomic E-state index is 13.2. The number of nitrogens with one attached hydrogen (secondary N) is 1. The van der Waals surface area contributed by atoms with E-state index in [9.17, 15) is 4.39 Å². The van der Waals surface area contributed by atoms with Gasteiger partial charge in [0, 0.05) is 11.1 Å². The molecule has 0 spiro atoms. The minimum atomic E-state index is -0.432. The van der Waals surface area contributed by atoms with E-state index in [4.69, 9.17) is 11.6 Å². The van der Waals surface area contributed by atoms with E-state index in [0.29, 0.717) is 0 Å². The third-order valence-electron chi connectivity index (χ3n) is 2.88. The van der Waals surface area contributed by atoms with Gasteiger partial charge in [-0.2, -0.15) is 0 Å². The highest BCUT2D eigenvalue weighted by molar-refractivity contribution is 9.10. The zero-order valence-corrected chi connectivity index (χ0v) is 12.5. The molecule has 0 aliphatic heterocycles. The molecule has 0 bridgehead atoms. The molecule has 2 nitrogen and oxygen atoms in total. The summed E-state index contributed by atoms with van der Waals surface area (Å²) in [5.41, 5.74) is 2.47. The fourth-order valence-electron chi connectivity index (χ4n) is 1.98. The fourth-order valence-corrected chi connectivity index (χ4v) is 2.58. The van der Waals surface area contributed by atoms with Gasteiger partial charge < -0.3 is 5.32 Å². The Morgan fingerprint density at radius 1 is 1.10 bits per heavy atom. The molecular weight excluding hydrogens is 343 g/mol. The maximum Gasteiger partial charge on any atom is 0.141 e. The second kappa shape index (κ2) is 5.38. The van der Waals surface area contributed by atoms with E-state index >= 15 is 0 Å². The molecule has 0 saturated carbocycles. The summed E-state index contributed by atoms with van der Waals surface area (Å²) in [6, 6.07) is 14.2. The van der Waals surface area contributed by atoms with Crippen LogP contribution in [0.5, 0.6) is 0 Å². The molecule has 0 aliphatic carbocycles. The second-order valence-electron chi connectivity index (χ2n) is 4.26. The van der Waals surface area contributed by atoms with Crippen LogP contribution in [0.3, 0.4) is 0 Å². The molecule has 0 unspecified atom stereocenters.